The molecule has 1 aliphatic rings. The maximum Gasteiger partial charge on any atom is 0.240 e. The minimum Gasteiger partial charge on any atom is -0.346 e. The number of benzene rings is 2. The molecule has 3 N–H and O–H groups in total. The first-order chi connectivity index (χ1) is 14.6. The molecular formula is C24H30N4O2. The van der Waals surface area contributed by atoms with Crippen molar-refractivity contribution in [1.29, 1.82) is 0 Å². The van der Waals surface area contributed by atoms with Gasteiger partial charge in [0.05, 0.1) is 19.6 Å². The summed E-state index contributed by atoms with van der Waals surface area (Å²) in [6.45, 7) is 4.57. The molecule has 2 aromatic rings. The Morgan fingerprint density at radius 1 is 1.07 bits per heavy atom. The molecule has 6 heteroatoms. The van der Waals surface area contributed by atoms with E-state index in [0.717, 1.165) is 25.9 Å². The number of terminal acetylenes is 1. The fourth-order valence-electron chi connectivity index (χ4n) is 3.99. The molecular weight excluding hydrogens is 376 g/mol. The van der Waals surface area contributed by atoms with E-state index in [4.69, 9.17) is 6.42 Å². The van der Waals surface area contributed by atoms with E-state index in [1.165, 1.54) is 16.3 Å². The lowest BCUT2D eigenvalue weighted by Crippen LogP contribution is -2.47. The number of nitrogens with one attached hydrogen (secondary N) is 3. The fourth-order valence-corrected chi connectivity index (χ4v) is 3.99. The molecule has 0 aromatic heterocycles. The highest BCUT2D eigenvalue weighted by molar-refractivity contribution is 5.86. The lowest BCUT2D eigenvalue weighted by Gasteiger charge is -2.37. The predicted molar refractivity (Wildman–Crippen MR) is 120 cm³/mol. The van der Waals surface area contributed by atoms with E-state index in [-0.39, 0.29) is 31.4 Å². The van der Waals surface area contributed by atoms with Gasteiger partial charge in [-0.2, -0.15) is 0 Å². The molecule has 2 amide bonds. The number of rotatable bonds is 8. The summed E-state index contributed by atoms with van der Waals surface area (Å²) in [4.78, 5) is 25.9. The Morgan fingerprint density at radius 3 is 2.53 bits per heavy atom. The molecule has 3 rings (SSSR count). The molecule has 0 spiro atoms. The Morgan fingerprint density at radius 2 is 1.77 bits per heavy atom. The lowest BCUT2D eigenvalue weighted by atomic mass is 9.96. The number of hydrogen-bond donors (Lipinski definition) is 3. The van der Waals surface area contributed by atoms with Crippen LogP contribution in [0.2, 0.25) is 0 Å². The van der Waals surface area contributed by atoms with Crippen LogP contribution < -0.4 is 16.0 Å². The zero-order valence-corrected chi connectivity index (χ0v) is 17.5. The molecule has 158 valence electrons. The van der Waals surface area contributed by atoms with Crippen molar-refractivity contribution in [2.24, 2.45) is 0 Å². The highest BCUT2D eigenvalue weighted by atomic mass is 16.2. The first kappa shape index (κ1) is 21.8. The molecule has 30 heavy (non-hydrogen) atoms. The van der Waals surface area contributed by atoms with Gasteiger partial charge in [0.15, 0.2) is 0 Å². The van der Waals surface area contributed by atoms with Crippen LogP contribution in [-0.4, -0.2) is 55.5 Å². The van der Waals surface area contributed by atoms with Gasteiger partial charge in [-0.05, 0) is 36.1 Å². The van der Waals surface area contributed by atoms with Crippen molar-refractivity contribution in [3.05, 3.63) is 48.0 Å². The average Bonchev–Trinajstić information content (AvgIpc) is 2.79. The van der Waals surface area contributed by atoms with Crippen molar-refractivity contribution in [1.82, 2.24) is 20.9 Å². The maximum absolute atomic E-state index is 11.9. The van der Waals surface area contributed by atoms with Crippen molar-refractivity contribution >= 4 is 22.6 Å². The van der Waals surface area contributed by atoms with Gasteiger partial charge in [0.25, 0.3) is 0 Å². The summed E-state index contributed by atoms with van der Waals surface area (Å²) in [7, 11) is 0. The SMILES string of the molecule is C#CCNC(=O)CNC(=O)CNC1CCN(C(C)c2cccc3ccccc23)CC1. The van der Waals surface area contributed by atoms with E-state index in [1.54, 1.807) is 0 Å². The van der Waals surface area contributed by atoms with Crippen LogP contribution in [-0.2, 0) is 9.59 Å². The van der Waals surface area contributed by atoms with Crippen LogP contribution >= 0.6 is 0 Å². The third-order valence-corrected chi connectivity index (χ3v) is 5.74. The van der Waals surface area contributed by atoms with Gasteiger partial charge in [0, 0.05) is 25.2 Å². The molecule has 1 atom stereocenters. The van der Waals surface area contributed by atoms with Crippen molar-refractivity contribution in [2.75, 3.05) is 32.7 Å². The smallest absolute Gasteiger partial charge is 0.240 e. The quantitative estimate of drug-likeness (QED) is 0.585. The molecule has 0 saturated carbocycles. The van der Waals surface area contributed by atoms with Gasteiger partial charge in [-0.3, -0.25) is 14.5 Å². The number of piperidine rings is 1. The van der Waals surface area contributed by atoms with Crippen LogP contribution in [0.15, 0.2) is 42.5 Å². The lowest BCUT2D eigenvalue weighted by molar-refractivity contribution is -0.125. The van der Waals surface area contributed by atoms with Gasteiger partial charge >= 0.3 is 0 Å². The summed E-state index contributed by atoms with van der Waals surface area (Å²) in [6, 6.07) is 15.7. The molecule has 1 aliphatic heterocycles. The van der Waals surface area contributed by atoms with Crippen LogP contribution in [0.1, 0.15) is 31.4 Å². The third kappa shape index (κ3) is 5.82. The van der Waals surface area contributed by atoms with E-state index in [9.17, 15) is 9.59 Å². The van der Waals surface area contributed by atoms with E-state index in [2.05, 4.69) is 76.2 Å². The second-order valence-corrected chi connectivity index (χ2v) is 7.69. The summed E-state index contributed by atoms with van der Waals surface area (Å²) in [6.07, 6.45) is 7.07. The first-order valence-electron chi connectivity index (χ1n) is 10.5. The molecule has 6 nitrogen and oxygen atoms in total. The second kappa shape index (κ2) is 10.8. The van der Waals surface area contributed by atoms with Crippen molar-refractivity contribution in [3.8, 4) is 12.3 Å². The molecule has 0 radical (unpaired) electrons. The third-order valence-electron chi connectivity index (χ3n) is 5.74. The number of carbonyl (C=O) groups is 2. The molecule has 1 fully saturated rings. The Bertz CT molecular complexity index is 908. The fraction of sp³-hybridized carbons (Fsp3) is 0.417. The molecule has 1 unspecified atom stereocenters. The van der Waals surface area contributed by atoms with Crippen molar-refractivity contribution in [2.45, 2.75) is 31.8 Å². The molecule has 1 saturated heterocycles. The topological polar surface area (TPSA) is 73.5 Å². The Balaban J connectivity index is 1.43. The van der Waals surface area contributed by atoms with Crippen LogP contribution in [0.4, 0.5) is 0 Å². The first-order valence-corrected chi connectivity index (χ1v) is 10.5. The van der Waals surface area contributed by atoms with Crippen LogP contribution in [0.5, 0.6) is 0 Å². The summed E-state index contributed by atoms with van der Waals surface area (Å²) in [5.74, 6) is 1.86. The van der Waals surface area contributed by atoms with Gasteiger partial charge < -0.3 is 16.0 Å². The predicted octanol–water partition coefficient (Wildman–Crippen LogP) is 1.82. The minimum atomic E-state index is -0.281. The highest BCUT2D eigenvalue weighted by Crippen LogP contribution is 2.29. The standard InChI is InChI=1S/C24H30N4O2/c1-3-13-25-23(29)17-27-24(30)16-26-20-11-14-28(15-12-20)18(2)21-10-6-8-19-7-4-5-9-22(19)21/h1,4-10,18,20,26H,11-17H2,2H3,(H,25,29)(H,27,30). The van der Waals surface area contributed by atoms with Crippen LogP contribution in [0, 0.1) is 12.3 Å². The zero-order chi connectivity index (χ0) is 21.3. The van der Waals surface area contributed by atoms with E-state index >= 15 is 0 Å². The number of nitrogens with zero attached hydrogens (tertiary/aromatic N) is 1. The molecule has 0 aliphatic carbocycles. The van der Waals surface area contributed by atoms with Crippen molar-refractivity contribution in [3.63, 3.8) is 0 Å². The number of carbonyl (C=O) groups excluding carboxylic acids is 2. The normalized spacial score (nSPS) is 16.0. The number of hydrogen-bond acceptors (Lipinski definition) is 4. The maximum atomic E-state index is 11.9. The molecule has 0 bridgehead atoms. The molecule has 1 heterocycles. The van der Waals surface area contributed by atoms with Crippen molar-refractivity contribution < 1.29 is 9.59 Å². The largest absolute Gasteiger partial charge is 0.346 e. The Hall–Kier alpha value is -2.88. The van der Waals surface area contributed by atoms with Gasteiger partial charge in [0.1, 0.15) is 0 Å². The minimum absolute atomic E-state index is 0.0524. The number of amides is 2. The van der Waals surface area contributed by atoms with Crippen LogP contribution in [0.25, 0.3) is 10.8 Å². The van der Waals surface area contributed by atoms with E-state index in [0.29, 0.717) is 12.1 Å². The van der Waals surface area contributed by atoms with Gasteiger partial charge in [-0.1, -0.05) is 48.4 Å². The highest BCUT2D eigenvalue weighted by Gasteiger charge is 2.24. The summed E-state index contributed by atoms with van der Waals surface area (Å²) < 4.78 is 0. The second-order valence-electron chi connectivity index (χ2n) is 7.69. The van der Waals surface area contributed by atoms with Gasteiger partial charge in [-0.25, -0.2) is 0 Å². The Kier molecular flexibility index (Phi) is 7.83. The van der Waals surface area contributed by atoms with Gasteiger partial charge in [0.2, 0.25) is 11.8 Å². The average molecular weight is 407 g/mol. The van der Waals surface area contributed by atoms with Crippen LogP contribution in [0.3, 0.4) is 0 Å². The van der Waals surface area contributed by atoms with Gasteiger partial charge in [-0.15, -0.1) is 6.42 Å². The zero-order valence-electron chi connectivity index (χ0n) is 17.5. The Labute approximate surface area is 178 Å². The van der Waals surface area contributed by atoms with E-state index in [1.807, 2.05) is 0 Å². The molecule has 2 aromatic carbocycles. The number of likely N-dealkylation sites (tertiary alicyclic amines) is 1. The summed E-state index contributed by atoms with van der Waals surface area (Å²) in [5, 5.41) is 11.0. The summed E-state index contributed by atoms with van der Waals surface area (Å²) in [5.41, 5.74) is 1.36. The van der Waals surface area contributed by atoms with E-state index < -0.39 is 0 Å². The summed E-state index contributed by atoms with van der Waals surface area (Å²) >= 11 is 0. The number of fused-ring (bicyclic) bond motifs is 1. The monoisotopic (exact) mass is 406 g/mol.